The first-order valence-electron chi connectivity index (χ1n) is 6.67. The van der Waals surface area contributed by atoms with Crippen LogP contribution >= 0.6 is 34.2 Å². The topological polar surface area (TPSA) is 56.7 Å². The van der Waals surface area contributed by atoms with E-state index in [0.29, 0.717) is 18.2 Å². The number of rotatable bonds is 5. The summed E-state index contributed by atoms with van der Waals surface area (Å²) < 4.78 is 8.38. The fourth-order valence-corrected chi connectivity index (χ4v) is 2.98. The van der Waals surface area contributed by atoms with Crippen molar-refractivity contribution in [3.8, 4) is 0 Å². The van der Waals surface area contributed by atoms with Crippen molar-refractivity contribution >= 4 is 45.2 Å². The second kappa shape index (κ2) is 6.31. The Kier molecular flexibility index (Phi) is 4.44. The van der Waals surface area contributed by atoms with E-state index in [0.717, 1.165) is 35.6 Å². The highest BCUT2D eigenvalue weighted by Crippen LogP contribution is 2.20. The van der Waals surface area contributed by atoms with Crippen LogP contribution in [0.4, 0.5) is 0 Å². The standard InChI is InChI=1S/C14H14ClIN4O/c1-9-17-13(19-21-9)5-7-20-12-3-2-10(16)8-11(12)18-14(20)4-6-15/h2-3,8H,4-7H2,1H3. The molecule has 0 spiro atoms. The Bertz CT molecular complexity index is 768. The van der Waals surface area contributed by atoms with Crippen molar-refractivity contribution in [3.63, 3.8) is 0 Å². The number of fused-ring (bicyclic) bond motifs is 1. The molecule has 0 atom stereocenters. The highest BCUT2D eigenvalue weighted by atomic mass is 127. The molecular formula is C14H14ClIN4O. The van der Waals surface area contributed by atoms with Crippen LogP contribution < -0.4 is 0 Å². The minimum atomic E-state index is 0.557. The lowest BCUT2D eigenvalue weighted by Crippen LogP contribution is -2.07. The maximum Gasteiger partial charge on any atom is 0.223 e. The van der Waals surface area contributed by atoms with Crippen molar-refractivity contribution in [1.82, 2.24) is 19.7 Å². The molecule has 110 valence electrons. The van der Waals surface area contributed by atoms with Gasteiger partial charge < -0.3 is 9.09 Å². The molecule has 1 aromatic carbocycles. The molecule has 2 aromatic heterocycles. The molecule has 0 aliphatic heterocycles. The second-order valence-electron chi connectivity index (χ2n) is 4.73. The lowest BCUT2D eigenvalue weighted by molar-refractivity contribution is 0.386. The first kappa shape index (κ1) is 14.8. The molecular weight excluding hydrogens is 403 g/mol. The molecule has 0 aliphatic rings. The van der Waals surface area contributed by atoms with Gasteiger partial charge in [0.15, 0.2) is 5.82 Å². The predicted octanol–water partition coefficient (Wildman–Crippen LogP) is 3.36. The number of halogens is 2. The zero-order chi connectivity index (χ0) is 14.8. The van der Waals surface area contributed by atoms with E-state index >= 15 is 0 Å². The Morgan fingerprint density at radius 2 is 2.14 bits per heavy atom. The van der Waals surface area contributed by atoms with Crippen molar-refractivity contribution < 1.29 is 4.52 Å². The van der Waals surface area contributed by atoms with Gasteiger partial charge in [0.2, 0.25) is 5.89 Å². The van der Waals surface area contributed by atoms with Crippen LogP contribution in [0.5, 0.6) is 0 Å². The van der Waals surface area contributed by atoms with Crippen molar-refractivity contribution in [2.45, 2.75) is 26.3 Å². The fourth-order valence-electron chi connectivity index (χ4n) is 2.33. The molecule has 2 heterocycles. The van der Waals surface area contributed by atoms with Gasteiger partial charge in [0.1, 0.15) is 5.82 Å². The fraction of sp³-hybridized carbons (Fsp3) is 0.357. The third kappa shape index (κ3) is 3.21. The minimum Gasteiger partial charge on any atom is -0.340 e. The Balaban J connectivity index is 1.92. The highest BCUT2D eigenvalue weighted by Gasteiger charge is 2.12. The van der Waals surface area contributed by atoms with Gasteiger partial charge in [0, 0.05) is 35.8 Å². The van der Waals surface area contributed by atoms with Crippen LogP contribution in [0.25, 0.3) is 11.0 Å². The molecule has 0 aliphatic carbocycles. The number of aryl methyl sites for hydroxylation is 4. The molecule has 7 heteroatoms. The molecule has 0 fully saturated rings. The Morgan fingerprint density at radius 3 is 2.86 bits per heavy atom. The maximum atomic E-state index is 5.89. The first-order valence-corrected chi connectivity index (χ1v) is 8.28. The monoisotopic (exact) mass is 416 g/mol. The minimum absolute atomic E-state index is 0.557. The zero-order valence-electron chi connectivity index (χ0n) is 11.5. The summed E-state index contributed by atoms with van der Waals surface area (Å²) in [5.41, 5.74) is 2.13. The molecule has 3 rings (SSSR count). The Morgan fingerprint density at radius 1 is 1.29 bits per heavy atom. The van der Waals surface area contributed by atoms with Gasteiger partial charge in [0.25, 0.3) is 0 Å². The third-order valence-corrected chi connectivity index (χ3v) is 4.10. The van der Waals surface area contributed by atoms with Crippen molar-refractivity contribution in [3.05, 3.63) is 39.3 Å². The van der Waals surface area contributed by atoms with Crippen LogP contribution in [0.2, 0.25) is 0 Å². The average molecular weight is 417 g/mol. The van der Waals surface area contributed by atoms with E-state index in [9.17, 15) is 0 Å². The molecule has 0 unspecified atom stereocenters. The van der Waals surface area contributed by atoms with E-state index < -0.39 is 0 Å². The van der Waals surface area contributed by atoms with Gasteiger partial charge in [-0.3, -0.25) is 0 Å². The van der Waals surface area contributed by atoms with Crippen LogP contribution in [0.3, 0.4) is 0 Å². The number of nitrogens with zero attached hydrogens (tertiary/aromatic N) is 4. The van der Waals surface area contributed by atoms with Gasteiger partial charge >= 0.3 is 0 Å². The summed E-state index contributed by atoms with van der Waals surface area (Å²) in [7, 11) is 0. The van der Waals surface area contributed by atoms with E-state index in [1.165, 1.54) is 3.57 Å². The van der Waals surface area contributed by atoms with Crippen LogP contribution in [-0.4, -0.2) is 25.6 Å². The molecule has 0 saturated heterocycles. The molecule has 0 amide bonds. The highest BCUT2D eigenvalue weighted by molar-refractivity contribution is 14.1. The van der Waals surface area contributed by atoms with Crippen LogP contribution in [0.1, 0.15) is 17.5 Å². The lowest BCUT2D eigenvalue weighted by Gasteiger charge is -2.06. The van der Waals surface area contributed by atoms with Crippen molar-refractivity contribution in [2.75, 3.05) is 5.88 Å². The van der Waals surface area contributed by atoms with Crippen molar-refractivity contribution in [2.24, 2.45) is 0 Å². The smallest absolute Gasteiger partial charge is 0.223 e. The maximum absolute atomic E-state index is 5.89. The summed E-state index contributed by atoms with van der Waals surface area (Å²) in [4.78, 5) is 8.93. The van der Waals surface area contributed by atoms with Gasteiger partial charge in [-0.15, -0.1) is 11.6 Å². The van der Waals surface area contributed by atoms with Crippen LogP contribution in [0, 0.1) is 10.5 Å². The second-order valence-corrected chi connectivity index (χ2v) is 6.35. The van der Waals surface area contributed by atoms with Crippen LogP contribution in [0.15, 0.2) is 22.7 Å². The summed E-state index contributed by atoms with van der Waals surface area (Å²) in [6, 6.07) is 6.27. The van der Waals surface area contributed by atoms with Gasteiger partial charge in [-0.05, 0) is 40.8 Å². The number of alkyl halides is 1. The van der Waals surface area contributed by atoms with Crippen molar-refractivity contribution in [1.29, 1.82) is 0 Å². The predicted molar refractivity (Wildman–Crippen MR) is 89.6 cm³/mol. The van der Waals surface area contributed by atoms with E-state index in [1.54, 1.807) is 6.92 Å². The van der Waals surface area contributed by atoms with E-state index in [-0.39, 0.29) is 0 Å². The van der Waals surface area contributed by atoms with E-state index in [2.05, 4.69) is 55.5 Å². The molecule has 0 bridgehead atoms. The third-order valence-electron chi connectivity index (χ3n) is 3.24. The summed E-state index contributed by atoms with van der Waals surface area (Å²) >= 11 is 8.19. The molecule has 3 aromatic rings. The summed E-state index contributed by atoms with van der Waals surface area (Å²) in [6.07, 6.45) is 1.46. The summed E-state index contributed by atoms with van der Waals surface area (Å²) in [6.45, 7) is 2.56. The summed E-state index contributed by atoms with van der Waals surface area (Å²) in [5.74, 6) is 2.87. The number of imidazole rings is 1. The Hall–Kier alpha value is -1.15. The lowest BCUT2D eigenvalue weighted by atomic mass is 10.3. The van der Waals surface area contributed by atoms with Gasteiger partial charge in [0.05, 0.1) is 11.0 Å². The molecule has 0 saturated carbocycles. The quantitative estimate of drug-likeness (QED) is 0.473. The SMILES string of the molecule is Cc1nc(CCn2c(CCCl)nc3cc(I)ccc32)no1. The van der Waals surface area contributed by atoms with E-state index in [1.807, 2.05) is 0 Å². The molecule has 0 N–H and O–H groups in total. The number of aromatic nitrogens is 4. The number of hydrogen-bond donors (Lipinski definition) is 0. The average Bonchev–Trinajstić information content (AvgIpc) is 3.00. The molecule has 21 heavy (non-hydrogen) atoms. The number of benzene rings is 1. The normalized spacial score (nSPS) is 11.4. The molecule has 0 radical (unpaired) electrons. The van der Waals surface area contributed by atoms with Gasteiger partial charge in [-0.2, -0.15) is 4.98 Å². The Labute approximate surface area is 140 Å². The summed E-state index contributed by atoms with van der Waals surface area (Å²) in [5, 5.41) is 3.94. The van der Waals surface area contributed by atoms with Gasteiger partial charge in [-0.1, -0.05) is 5.16 Å². The van der Waals surface area contributed by atoms with Crippen LogP contribution in [-0.2, 0) is 19.4 Å². The zero-order valence-corrected chi connectivity index (χ0v) is 14.4. The first-order chi connectivity index (χ1) is 10.2. The van der Waals surface area contributed by atoms with E-state index in [4.69, 9.17) is 21.1 Å². The van der Waals surface area contributed by atoms with Gasteiger partial charge in [-0.25, -0.2) is 4.98 Å². The largest absolute Gasteiger partial charge is 0.340 e. The molecule has 5 nitrogen and oxygen atoms in total. The number of hydrogen-bond acceptors (Lipinski definition) is 4.